The summed E-state index contributed by atoms with van der Waals surface area (Å²) in [6.07, 6.45) is 17.1. The van der Waals surface area contributed by atoms with Crippen molar-refractivity contribution in [2.75, 3.05) is 26.3 Å². The second kappa shape index (κ2) is 12.3. The first-order chi connectivity index (χ1) is 15.4. The third-order valence-electron chi connectivity index (χ3n) is 7.69. The maximum atomic E-state index is 12.2. The van der Waals surface area contributed by atoms with Crippen LogP contribution in [-0.2, 0) is 9.53 Å². The molecule has 0 unspecified atom stereocenters. The summed E-state index contributed by atoms with van der Waals surface area (Å²) in [4.78, 5) is 14.2. The number of aliphatic hydroxyl groups is 2. The lowest BCUT2D eigenvalue weighted by Crippen LogP contribution is -2.40. The predicted octanol–water partition coefficient (Wildman–Crippen LogP) is 4.63. The molecule has 1 saturated heterocycles. The van der Waals surface area contributed by atoms with E-state index in [4.69, 9.17) is 4.74 Å². The fourth-order valence-corrected chi connectivity index (χ4v) is 5.71. The summed E-state index contributed by atoms with van der Waals surface area (Å²) in [5.74, 6) is 1.50. The molecule has 2 N–H and O–H groups in total. The summed E-state index contributed by atoms with van der Waals surface area (Å²) in [7, 11) is 0. The van der Waals surface area contributed by atoms with Gasteiger partial charge in [0.25, 0.3) is 0 Å². The Balaban J connectivity index is 1.35. The fourth-order valence-electron chi connectivity index (χ4n) is 5.71. The van der Waals surface area contributed by atoms with Crippen LogP contribution in [0.25, 0.3) is 0 Å². The number of rotatable bonds is 12. The Labute approximate surface area is 194 Å². The number of unbranched alkanes of at least 4 members (excludes halogenated alkanes) is 3. The number of allylic oxidation sites excluding steroid dienone is 2. The molecular formula is C27H45NO4. The summed E-state index contributed by atoms with van der Waals surface area (Å²) in [5.41, 5.74) is 0.900. The summed E-state index contributed by atoms with van der Waals surface area (Å²) in [6, 6.07) is 0. The van der Waals surface area contributed by atoms with Gasteiger partial charge >= 0.3 is 0 Å². The molecule has 0 aromatic heterocycles. The first-order valence-corrected chi connectivity index (χ1v) is 13.0. The van der Waals surface area contributed by atoms with Crippen molar-refractivity contribution in [1.82, 2.24) is 4.90 Å². The van der Waals surface area contributed by atoms with Gasteiger partial charge in [0.15, 0.2) is 0 Å². The second-order valence-corrected chi connectivity index (χ2v) is 10.5. The number of carbonyl (C=O) groups excluding carboxylic acids is 1. The number of hydrogen-bond acceptors (Lipinski definition) is 4. The van der Waals surface area contributed by atoms with Gasteiger partial charge < -0.3 is 19.8 Å². The van der Waals surface area contributed by atoms with E-state index in [1.807, 2.05) is 11.8 Å². The molecule has 3 aliphatic rings. The van der Waals surface area contributed by atoms with Crippen LogP contribution in [0.2, 0.25) is 0 Å². The number of ether oxygens (including phenoxy) is 1. The second-order valence-electron chi connectivity index (χ2n) is 10.5. The van der Waals surface area contributed by atoms with Crippen molar-refractivity contribution in [2.24, 2.45) is 17.8 Å². The van der Waals surface area contributed by atoms with Crippen LogP contribution in [0.5, 0.6) is 0 Å². The van der Waals surface area contributed by atoms with Crippen LogP contribution in [0.15, 0.2) is 23.8 Å². The molecule has 0 radical (unpaired) electrons. The highest BCUT2D eigenvalue weighted by Crippen LogP contribution is 2.48. The van der Waals surface area contributed by atoms with E-state index in [-0.39, 0.29) is 17.9 Å². The van der Waals surface area contributed by atoms with Crippen LogP contribution in [0.1, 0.15) is 84.5 Å². The minimum atomic E-state index is -0.641. The summed E-state index contributed by atoms with van der Waals surface area (Å²) in [6.45, 7) is 6.90. The third-order valence-corrected chi connectivity index (χ3v) is 7.69. The third kappa shape index (κ3) is 7.43. The molecule has 1 amide bonds. The van der Waals surface area contributed by atoms with Crippen molar-refractivity contribution in [3.8, 4) is 0 Å². The number of fused-ring (bicyclic) bond motifs is 1. The molecule has 2 fully saturated rings. The highest BCUT2D eigenvalue weighted by molar-refractivity contribution is 5.76. The number of carbonyl (C=O) groups is 1. The molecule has 0 bridgehead atoms. The van der Waals surface area contributed by atoms with E-state index in [0.717, 1.165) is 70.9 Å². The molecule has 5 nitrogen and oxygen atoms in total. The fraction of sp³-hybridized carbons (Fsp3) is 0.815. The highest BCUT2D eigenvalue weighted by Gasteiger charge is 2.43. The molecule has 1 saturated carbocycles. The standard InChI is InChI=1S/C27H45NO4/c1-3-4-12-27(2,31)13-8-10-23-24-19-21(18-22(24)20-25(23)29)9-6-5-7-11-26(30)28-14-16-32-17-15-28/h8,10,18,22-25,29,31H,3-7,9,11-17,19-20H2,1-2H3/t22-,23+,24-,25+,27-/m0/s1. The van der Waals surface area contributed by atoms with E-state index >= 15 is 0 Å². The molecule has 2 aliphatic carbocycles. The zero-order valence-electron chi connectivity index (χ0n) is 20.3. The maximum absolute atomic E-state index is 12.2. The van der Waals surface area contributed by atoms with Crippen LogP contribution in [-0.4, -0.2) is 59.0 Å². The van der Waals surface area contributed by atoms with Gasteiger partial charge in [-0.1, -0.05) is 50.0 Å². The lowest BCUT2D eigenvalue weighted by atomic mass is 9.87. The minimum Gasteiger partial charge on any atom is -0.392 e. The number of hydrogen-bond donors (Lipinski definition) is 2. The average molecular weight is 448 g/mol. The lowest BCUT2D eigenvalue weighted by molar-refractivity contribution is -0.135. The Kier molecular flexibility index (Phi) is 9.81. The number of aliphatic hydroxyl groups excluding tert-OH is 1. The molecule has 1 aliphatic heterocycles. The lowest BCUT2D eigenvalue weighted by Gasteiger charge is -2.26. The van der Waals surface area contributed by atoms with Gasteiger partial charge in [0.1, 0.15) is 0 Å². The van der Waals surface area contributed by atoms with E-state index in [2.05, 4.69) is 25.2 Å². The van der Waals surface area contributed by atoms with Gasteiger partial charge in [0.05, 0.1) is 24.9 Å². The SMILES string of the molecule is CCCC[C@](C)(O)CC=C[C@@H]1[C@H]2CC(CCCCCC(=O)N3CCOCC3)=C[C@H]2C[C@H]1O. The average Bonchev–Trinajstić information content (AvgIpc) is 3.29. The van der Waals surface area contributed by atoms with Crippen LogP contribution in [0.3, 0.4) is 0 Å². The Morgan fingerprint density at radius 3 is 2.78 bits per heavy atom. The Morgan fingerprint density at radius 1 is 1.25 bits per heavy atom. The van der Waals surface area contributed by atoms with Crippen LogP contribution in [0.4, 0.5) is 0 Å². The Hall–Kier alpha value is -1.17. The smallest absolute Gasteiger partial charge is 0.222 e. The van der Waals surface area contributed by atoms with Crippen molar-refractivity contribution in [1.29, 1.82) is 0 Å². The van der Waals surface area contributed by atoms with E-state index < -0.39 is 5.60 Å². The number of nitrogens with zero attached hydrogens (tertiary/aromatic N) is 1. The number of morpholine rings is 1. The van der Waals surface area contributed by atoms with Crippen LogP contribution in [0, 0.1) is 17.8 Å². The van der Waals surface area contributed by atoms with Crippen LogP contribution < -0.4 is 0 Å². The molecule has 5 heteroatoms. The van der Waals surface area contributed by atoms with Crippen molar-refractivity contribution < 1.29 is 19.7 Å². The highest BCUT2D eigenvalue weighted by atomic mass is 16.5. The number of amides is 1. The van der Waals surface area contributed by atoms with Crippen molar-refractivity contribution >= 4 is 5.91 Å². The molecule has 3 rings (SSSR count). The van der Waals surface area contributed by atoms with E-state index in [0.29, 0.717) is 37.9 Å². The molecule has 182 valence electrons. The van der Waals surface area contributed by atoms with Gasteiger partial charge in [-0.2, -0.15) is 0 Å². The molecule has 0 aromatic carbocycles. The first-order valence-electron chi connectivity index (χ1n) is 13.0. The zero-order chi connectivity index (χ0) is 23.0. The van der Waals surface area contributed by atoms with Gasteiger partial charge in [-0.15, -0.1) is 0 Å². The molecule has 5 atom stereocenters. The molecular weight excluding hydrogens is 402 g/mol. The van der Waals surface area contributed by atoms with Crippen molar-refractivity contribution in [3.63, 3.8) is 0 Å². The van der Waals surface area contributed by atoms with Gasteiger partial charge in [0, 0.05) is 25.4 Å². The molecule has 0 spiro atoms. The van der Waals surface area contributed by atoms with Gasteiger partial charge in [-0.05, 0) is 63.7 Å². The Bertz CT molecular complexity index is 650. The zero-order valence-corrected chi connectivity index (χ0v) is 20.3. The van der Waals surface area contributed by atoms with Crippen molar-refractivity contribution in [2.45, 2.75) is 96.2 Å². The summed E-state index contributed by atoms with van der Waals surface area (Å²) < 4.78 is 5.31. The summed E-state index contributed by atoms with van der Waals surface area (Å²) in [5, 5.41) is 21.1. The normalized spacial score (nSPS) is 29.9. The minimum absolute atomic E-state index is 0.210. The Morgan fingerprint density at radius 2 is 2.03 bits per heavy atom. The maximum Gasteiger partial charge on any atom is 0.222 e. The van der Waals surface area contributed by atoms with E-state index in [1.165, 1.54) is 0 Å². The topological polar surface area (TPSA) is 70.0 Å². The van der Waals surface area contributed by atoms with Gasteiger partial charge in [0.2, 0.25) is 5.91 Å². The molecule has 32 heavy (non-hydrogen) atoms. The van der Waals surface area contributed by atoms with Gasteiger partial charge in [-0.25, -0.2) is 0 Å². The van der Waals surface area contributed by atoms with Crippen molar-refractivity contribution in [3.05, 3.63) is 23.8 Å². The molecule has 1 heterocycles. The molecule has 0 aromatic rings. The monoisotopic (exact) mass is 447 g/mol. The van der Waals surface area contributed by atoms with E-state index in [9.17, 15) is 15.0 Å². The summed E-state index contributed by atoms with van der Waals surface area (Å²) >= 11 is 0. The largest absolute Gasteiger partial charge is 0.392 e. The van der Waals surface area contributed by atoms with E-state index in [1.54, 1.807) is 5.57 Å². The predicted molar refractivity (Wildman–Crippen MR) is 128 cm³/mol. The quantitative estimate of drug-likeness (QED) is 0.338. The van der Waals surface area contributed by atoms with Crippen LogP contribution >= 0.6 is 0 Å². The first kappa shape index (κ1) is 25.5. The van der Waals surface area contributed by atoms with Gasteiger partial charge in [-0.3, -0.25) is 4.79 Å².